The zero-order valence-electron chi connectivity index (χ0n) is 14.2. The van der Waals surface area contributed by atoms with Crippen molar-refractivity contribution < 1.29 is 14.1 Å². The standard InChI is InChI=1S/C21H13Cl3NO2/c1-25-17-8-4-2-6-12(17)20(13-7-3-5-9-18(13)25)21(26)27-19-11-15(23)14(22)10-16(19)24/h2-11H,1H3/q+1. The Labute approximate surface area is 170 Å². The number of hydrogen-bond donors (Lipinski definition) is 0. The van der Waals surface area contributed by atoms with Gasteiger partial charge in [-0.3, -0.25) is 0 Å². The summed E-state index contributed by atoms with van der Waals surface area (Å²) < 4.78 is 7.65. The Bertz CT molecular complexity index is 1160. The second-order valence-electron chi connectivity index (χ2n) is 6.05. The number of fused-ring (bicyclic) bond motifs is 2. The molecule has 1 aromatic heterocycles. The van der Waals surface area contributed by atoms with Crippen LogP contribution in [0.4, 0.5) is 0 Å². The molecule has 4 rings (SSSR count). The summed E-state index contributed by atoms with van der Waals surface area (Å²) in [5.41, 5.74) is 2.31. The van der Waals surface area contributed by atoms with Crippen LogP contribution in [0, 0.1) is 0 Å². The molecule has 0 radical (unpaired) electrons. The molecule has 0 aliphatic rings. The van der Waals surface area contributed by atoms with Gasteiger partial charge in [0.15, 0.2) is 5.75 Å². The van der Waals surface area contributed by atoms with Gasteiger partial charge in [-0.2, -0.15) is 4.57 Å². The Morgan fingerprint density at radius 1 is 0.815 bits per heavy atom. The summed E-state index contributed by atoms with van der Waals surface area (Å²) in [6, 6.07) is 18.3. The fourth-order valence-electron chi connectivity index (χ4n) is 3.18. The van der Waals surface area contributed by atoms with E-state index >= 15 is 0 Å². The first kappa shape index (κ1) is 18.1. The maximum absolute atomic E-state index is 13.1. The molecular weight excluding hydrogens is 405 g/mol. The quantitative estimate of drug-likeness (QED) is 0.132. The van der Waals surface area contributed by atoms with E-state index < -0.39 is 5.97 Å². The van der Waals surface area contributed by atoms with Gasteiger partial charge in [0.25, 0.3) is 0 Å². The van der Waals surface area contributed by atoms with E-state index in [2.05, 4.69) is 0 Å². The molecule has 27 heavy (non-hydrogen) atoms. The monoisotopic (exact) mass is 416 g/mol. The number of aromatic nitrogens is 1. The van der Waals surface area contributed by atoms with Crippen molar-refractivity contribution in [1.29, 1.82) is 0 Å². The highest BCUT2D eigenvalue weighted by molar-refractivity contribution is 6.43. The predicted octanol–water partition coefficient (Wildman–Crippen LogP) is 6.00. The fraction of sp³-hybridized carbons (Fsp3) is 0.0476. The minimum absolute atomic E-state index is 0.164. The smallest absolute Gasteiger partial charge is 0.345 e. The number of halogens is 3. The van der Waals surface area contributed by atoms with Gasteiger partial charge in [-0.25, -0.2) is 4.79 Å². The van der Waals surface area contributed by atoms with Gasteiger partial charge in [-0.05, 0) is 18.2 Å². The number of aryl methyl sites for hydroxylation is 1. The second-order valence-corrected chi connectivity index (χ2v) is 7.28. The number of carbonyl (C=O) groups excluding carboxylic acids is 1. The van der Waals surface area contributed by atoms with Crippen molar-refractivity contribution in [3.63, 3.8) is 0 Å². The van der Waals surface area contributed by atoms with Crippen molar-refractivity contribution in [2.75, 3.05) is 0 Å². The molecule has 0 bridgehead atoms. The number of hydrogen-bond acceptors (Lipinski definition) is 2. The number of nitrogens with zero attached hydrogens (tertiary/aromatic N) is 1. The summed E-state index contributed by atoms with van der Waals surface area (Å²) in [5.74, 6) is -0.347. The molecule has 0 saturated carbocycles. The summed E-state index contributed by atoms with van der Waals surface area (Å²) in [6.45, 7) is 0. The molecule has 0 amide bonds. The van der Waals surface area contributed by atoms with Crippen LogP contribution in [0.3, 0.4) is 0 Å². The van der Waals surface area contributed by atoms with E-state index in [0.29, 0.717) is 10.6 Å². The Kier molecular flexibility index (Phi) is 4.68. The van der Waals surface area contributed by atoms with Crippen molar-refractivity contribution in [3.05, 3.63) is 81.3 Å². The van der Waals surface area contributed by atoms with Crippen molar-refractivity contribution in [1.82, 2.24) is 0 Å². The molecule has 3 nitrogen and oxygen atoms in total. The molecule has 1 heterocycles. The molecule has 0 aliphatic carbocycles. The number of carbonyl (C=O) groups is 1. The summed E-state index contributed by atoms with van der Waals surface area (Å²) in [7, 11) is 1.97. The summed E-state index contributed by atoms with van der Waals surface area (Å²) in [6.07, 6.45) is 0. The van der Waals surface area contributed by atoms with E-state index in [1.165, 1.54) is 12.1 Å². The topological polar surface area (TPSA) is 30.2 Å². The average molecular weight is 418 g/mol. The highest BCUT2D eigenvalue weighted by Crippen LogP contribution is 2.35. The fourth-order valence-corrected chi connectivity index (χ4v) is 3.76. The van der Waals surface area contributed by atoms with Crippen LogP contribution < -0.4 is 9.30 Å². The lowest BCUT2D eigenvalue weighted by Gasteiger charge is -2.11. The molecule has 134 valence electrons. The summed E-state index contributed by atoms with van der Waals surface area (Å²) >= 11 is 18.2. The number of ether oxygens (including phenoxy) is 1. The number of rotatable bonds is 2. The Balaban J connectivity index is 1.94. The molecule has 0 unspecified atom stereocenters. The molecule has 4 aromatic rings. The lowest BCUT2D eigenvalue weighted by molar-refractivity contribution is -0.617. The van der Waals surface area contributed by atoms with Gasteiger partial charge in [0.1, 0.15) is 7.05 Å². The maximum Gasteiger partial charge on any atom is 0.345 e. The van der Waals surface area contributed by atoms with Crippen molar-refractivity contribution in [3.8, 4) is 5.75 Å². The normalized spacial score (nSPS) is 11.1. The largest absolute Gasteiger partial charge is 0.421 e. The number of benzene rings is 3. The van der Waals surface area contributed by atoms with Crippen LogP contribution in [-0.4, -0.2) is 5.97 Å². The molecule has 0 fully saturated rings. The maximum atomic E-state index is 13.1. The molecule has 0 spiro atoms. The number of pyridine rings is 1. The van der Waals surface area contributed by atoms with E-state index in [0.717, 1.165) is 21.8 Å². The predicted molar refractivity (Wildman–Crippen MR) is 109 cm³/mol. The summed E-state index contributed by atoms with van der Waals surface area (Å²) in [5, 5.41) is 2.36. The van der Waals surface area contributed by atoms with Crippen LogP contribution in [0.1, 0.15) is 10.4 Å². The van der Waals surface area contributed by atoms with E-state index in [1.54, 1.807) is 0 Å². The van der Waals surface area contributed by atoms with Gasteiger partial charge in [-0.15, -0.1) is 0 Å². The van der Waals surface area contributed by atoms with E-state index in [1.807, 2.05) is 60.1 Å². The zero-order valence-corrected chi connectivity index (χ0v) is 16.4. The van der Waals surface area contributed by atoms with Gasteiger partial charge in [0, 0.05) is 18.2 Å². The lowest BCUT2D eigenvalue weighted by atomic mass is 10.0. The molecule has 0 saturated heterocycles. The van der Waals surface area contributed by atoms with E-state index in [9.17, 15) is 4.79 Å². The van der Waals surface area contributed by atoms with Crippen LogP contribution in [0.25, 0.3) is 21.8 Å². The first-order valence-corrected chi connectivity index (χ1v) is 9.27. The van der Waals surface area contributed by atoms with Crippen LogP contribution >= 0.6 is 34.8 Å². The molecule has 0 N–H and O–H groups in total. The average Bonchev–Trinajstić information content (AvgIpc) is 2.66. The Morgan fingerprint density at radius 3 is 1.93 bits per heavy atom. The summed E-state index contributed by atoms with van der Waals surface area (Å²) in [4.78, 5) is 13.1. The molecule has 0 atom stereocenters. The Morgan fingerprint density at radius 2 is 1.33 bits per heavy atom. The van der Waals surface area contributed by atoms with Crippen LogP contribution in [0.15, 0.2) is 60.7 Å². The highest BCUT2D eigenvalue weighted by Gasteiger charge is 2.24. The third-order valence-corrected chi connectivity index (χ3v) is 5.47. The van der Waals surface area contributed by atoms with Crippen molar-refractivity contribution >= 4 is 62.6 Å². The highest BCUT2D eigenvalue weighted by atomic mass is 35.5. The third kappa shape index (κ3) is 3.12. The van der Waals surface area contributed by atoms with Crippen LogP contribution in [-0.2, 0) is 7.05 Å². The van der Waals surface area contributed by atoms with Crippen molar-refractivity contribution in [2.24, 2.45) is 7.05 Å². The minimum Gasteiger partial charge on any atom is -0.421 e. The molecule has 6 heteroatoms. The van der Waals surface area contributed by atoms with Crippen molar-refractivity contribution in [2.45, 2.75) is 0 Å². The van der Waals surface area contributed by atoms with Gasteiger partial charge in [0.05, 0.1) is 31.4 Å². The zero-order chi connectivity index (χ0) is 19.1. The third-order valence-electron chi connectivity index (χ3n) is 4.45. The van der Waals surface area contributed by atoms with Crippen LogP contribution in [0.2, 0.25) is 15.1 Å². The van der Waals surface area contributed by atoms with E-state index in [4.69, 9.17) is 39.5 Å². The molecule has 3 aromatic carbocycles. The SMILES string of the molecule is C[n+]1c2ccccc2c(C(=O)Oc2cc(Cl)c(Cl)cc2Cl)c2ccccc21. The first-order valence-electron chi connectivity index (χ1n) is 8.13. The minimum atomic E-state index is -0.511. The van der Waals surface area contributed by atoms with Gasteiger partial charge in [-0.1, -0.05) is 59.1 Å². The number of esters is 1. The number of para-hydroxylation sites is 2. The Hall–Kier alpha value is -2.33. The molecular formula is C21H13Cl3NO2+. The van der Waals surface area contributed by atoms with Gasteiger partial charge in [0.2, 0.25) is 11.0 Å². The lowest BCUT2D eigenvalue weighted by Crippen LogP contribution is -2.31. The first-order chi connectivity index (χ1) is 13.0. The second kappa shape index (κ2) is 7.01. The van der Waals surface area contributed by atoms with E-state index in [-0.39, 0.29) is 15.8 Å². The van der Waals surface area contributed by atoms with Gasteiger partial charge >= 0.3 is 5.97 Å². The van der Waals surface area contributed by atoms with Gasteiger partial charge < -0.3 is 4.74 Å². The van der Waals surface area contributed by atoms with Crippen LogP contribution in [0.5, 0.6) is 5.75 Å². The molecule has 0 aliphatic heterocycles.